The Balaban J connectivity index is 1.78. The van der Waals surface area contributed by atoms with Gasteiger partial charge in [-0.2, -0.15) is 0 Å². The number of para-hydroxylation sites is 1. The third-order valence-corrected chi connectivity index (χ3v) is 3.63. The second-order valence-electron chi connectivity index (χ2n) is 5.20. The summed E-state index contributed by atoms with van der Waals surface area (Å²) in [5, 5.41) is 11.8. The lowest BCUT2D eigenvalue weighted by atomic mass is 10.1. The summed E-state index contributed by atoms with van der Waals surface area (Å²) < 4.78 is 0. The zero-order valence-electron chi connectivity index (χ0n) is 11.4. The van der Waals surface area contributed by atoms with E-state index >= 15 is 0 Å². The molecule has 2 N–H and O–H groups in total. The second-order valence-corrected chi connectivity index (χ2v) is 5.20. The van der Waals surface area contributed by atoms with Crippen molar-refractivity contribution in [2.24, 2.45) is 0 Å². The smallest absolute Gasteiger partial charge is 0.337 e. The lowest BCUT2D eigenvalue weighted by Crippen LogP contribution is -2.14. The summed E-state index contributed by atoms with van der Waals surface area (Å²) in [7, 11) is 0. The monoisotopic (exact) mass is 281 g/mol. The number of benzene rings is 2. The van der Waals surface area contributed by atoms with Gasteiger partial charge in [0.25, 0.3) is 5.91 Å². The summed E-state index contributed by atoms with van der Waals surface area (Å²) >= 11 is 0. The van der Waals surface area contributed by atoms with Crippen molar-refractivity contribution in [1.82, 2.24) is 0 Å². The average molecular weight is 281 g/mol. The molecule has 3 rings (SSSR count). The van der Waals surface area contributed by atoms with E-state index in [-0.39, 0.29) is 11.5 Å². The van der Waals surface area contributed by atoms with Crippen LogP contribution in [0.3, 0.4) is 0 Å². The number of nitrogens with one attached hydrogen (secondary N) is 1. The molecular weight excluding hydrogens is 266 g/mol. The first kappa shape index (κ1) is 13.4. The Labute approximate surface area is 122 Å². The molecule has 0 saturated heterocycles. The molecule has 2 aromatic rings. The highest BCUT2D eigenvalue weighted by atomic mass is 16.4. The zero-order valence-corrected chi connectivity index (χ0v) is 11.4. The number of hydrogen-bond donors (Lipinski definition) is 2. The third-order valence-electron chi connectivity index (χ3n) is 3.63. The Morgan fingerprint density at radius 1 is 1.00 bits per heavy atom. The molecule has 0 aliphatic heterocycles. The number of carboxylic acid groups (broad SMARTS) is 1. The number of aromatic carboxylic acids is 1. The second kappa shape index (κ2) is 5.40. The average Bonchev–Trinajstić information content (AvgIpc) is 3.32. The van der Waals surface area contributed by atoms with E-state index in [0.29, 0.717) is 17.2 Å². The number of hydrogen-bond acceptors (Lipinski definition) is 2. The Hall–Kier alpha value is -2.62. The Kier molecular flexibility index (Phi) is 3.44. The molecule has 0 radical (unpaired) electrons. The Morgan fingerprint density at radius 2 is 1.67 bits per heavy atom. The van der Waals surface area contributed by atoms with Gasteiger partial charge in [0.1, 0.15) is 0 Å². The fourth-order valence-corrected chi connectivity index (χ4v) is 2.30. The molecule has 21 heavy (non-hydrogen) atoms. The van der Waals surface area contributed by atoms with Crippen molar-refractivity contribution in [2.75, 3.05) is 5.32 Å². The molecule has 0 aromatic heterocycles. The van der Waals surface area contributed by atoms with Crippen molar-refractivity contribution in [2.45, 2.75) is 18.8 Å². The SMILES string of the molecule is O=C(Nc1ccccc1C(=O)O)c1ccc(C2CC2)cc1. The summed E-state index contributed by atoms with van der Waals surface area (Å²) in [6.45, 7) is 0. The highest BCUT2D eigenvalue weighted by Gasteiger charge is 2.23. The van der Waals surface area contributed by atoms with Crippen LogP contribution in [-0.4, -0.2) is 17.0 Å². The van der Waals surface area contributed by atoms with Gasteiger partial charge in [-0.25, -0.2) is 4.79 Å². The molecule has 1 aliphatic carbocycles. The summed E-state index contributed by atoms with van der Waals surface area (Å²) in [4.78, 5) is 23.3. The minimum absolute atomic E-state index is 0.0838. The van der Waals surface area contributed by atoms with Gasteiger partial charge in [-0.15, -0.1) is 0 Å². The highest BCUT2D eigenvalue weighted by Crippen LogP contribution is 2.39. The predicted molar refractivity (Wildman–Crippen MR) is 79.8 cm³/mol. The summed E-state index contributed by atoms with van der Waals surface area (Å²) in [6.07, 6.45) is 2.44. The maximum absolute atomic E-state index is 12.2. The summed E-state index contributed by atoms with van der Waals surface area (Å²) in [5.41, 5.74) is 2.18. The minimum atomic E-state index is -1.06. The molecule has 1 amide bonds. The van der Waals surface area contributed by atoms with Gasteiger partial charge in [-0.3, -0.25) is 4.79 Å². The topological polar surface area (TPSA) is 66.4 Å². The quantitative estimate of drug-likeness (QED) is 0.901. The van der Waals surface area contributed by atoms with Crippen molar-refractivity contribution in [1.29, 1.82) is 0 Å². The van der Waals surface area contributed by atoms with Crippen molar-refractivity contribution in [3.05, 3.63) is 65.2 Å². The first-order chi connectivity index (χ1) is 10.1. The molecule has 0 heterocycles. The van der Waals surface area contributed by atoms with E-state index in [0.717, 1.165) is 0 Å². The van der Waals surface area contributed by atoms with Gasteiger partial charge in [0.15, 0.2) is 0 Å². The van der Waals surface area contributed by atoms with Gasteiger partial charge in [-0.1, -0.05) is 24.3 Å². The molecule has 4 nitrogen and oxygen atoms in total. The Bertz CT molecular complexity index is 687. The fraction of sp³-hybridized carbons (Fsp3) is 0.176. The van der Waals surface area contributed by atoms with Gasteiger partial charge in [0.2, 0.25) is 0 Å². The molecule has 106 valence electrons. The van der Waals surface area contributed by atoms with Crippen molar-refractivity contribution >= 4 is 17.6 Å². The van der Waals surface area contributed by atoms with E-state index < -0.39 is 5.97 Å². The van der Waals surface area contributed by atoms with Crippen molar-refractivity contribution in [3.63, 3.8) is 0 Å². The zero-order chi connectivity index (χ0) is 14.8. The fourth-order valence-electron chi connectivity index (χ4n) is 2.30. The number of carbonyl (C=O) groups is 2. The van der Waals surface area contributed by atoms with Gasteiger partial charge >= 0.3 is 5.97 Å². The van der Waals surface area contributed by atoms with Crippen LogP contribution in [0.4, 0.5) is 5.69 Å². The standard InChI is InChI=1S/C17H15NO3/c19-16(13-9-7-12(8-10-13)11-5-6-11)18-15-4-2-1-3-14(15)17(20)21/h1-4,7-11H,5-6H2,(H,18,19)(H,20,21). The highest BCUT2D eigenvalue weighted by molar-refractivity contribution is 6.07. The van der Waals surface area contributed by atoms with Crippen LogP contribution in [-0.2, 0) is 0 Å². The first-order valence-corrected chi connectivity index (χ1v) is 6.89. The first-order valence-electron chi connectivity index (χ1n) is 6.89. The third kappa shape index (κ3) is 2.94. The minimum Gasteiger partial charge on any atom is -0.478 e. The van der Waals surface area contributed by atoms with Crippen LogP contribution >= 0.6 is 0 Å². The Morgan fingerprint density at radius 3 is 2.29 bits per heavy atom. The molecule has 0 atom stereocenters. The summed E-state index contributed by atoms with van der Waals surface area (Å²) in [5.74, 6) is -0.712. The van der Waals surface area contributed by atoms with Crippen molar-refractivity contribution in [3.8, 4) is 0 Å². The van der Waals surface area contributed by atoms with Crippen LogP contribution in [0.2, 0.25) is 0 Å². The molecule has 1 saturated carbocycles. The van der Waals surface area contributed by atoms with E-state index in [1.807, 2.05) is 12.1 Å². The number of amides is 1. The number of anilines is 1. The van der Waals surface area contributed by atoms with Gasteiger partial charge in [0.05, 0.1) is 11.3 Å². The van der Waals surface area contributed by atoms with Crippen LogP contribution in [0.25, 0.3) is 0 Å². The van der Waals surface area contributed by atoms with Crippen LogP contribution < -0.4 is 5.32 Å². The van der Waals surface area contributed by atoms with Crippen molar-refractivity contribution < 1.29 is 14.7 Å². The number of rotatable bonds is 4. The van der Waals surface area contributed by atoms with E-state index in [2.05, 4.69) is 5.32 Å². The molecule has 2 aromatic carbocycles. The molecule has 0 bridgehead atoms. The van der Waals surface area contributed by atoms with E-state index in [1.54, 1.807) is 30.3 Å². The van der Waals surface area contributed by atoms with Crippen LogP contribution in [0.5, 0.6) is 0 Å². The molecule has 1 aliphatic rings. The molecule has 4 heteroatoms. The molecule has 1 fully saturated rings. The molecular formula is C17H15NO3. The molecule has 0 spiro atoms. The normalized spacial score (nSPS) is 13.7. The van der Waals surface area contributed by atoms with E-state index in [9.17, 15) is 9.59 Å². The number of carbonyl (C=O) groups excluding carboxylic acids is 1. The van der Waals surface area contributed by atoms with Crippen LogP contribution in [0.1, 0.15) is 45.0 Å². The van der Waals surface area contributed by atoms with Crippen LogP contribution in [0.15, 0.2) is 48.5 Å². The maximum Gasteiger partial charge on any atom is 0.337 e. The van der Waals surface area contributed by atoms with Crippen LogP contribution in [0, 0.1) is 0 Å². The molecule has 0 unspecified atom stereocenters. The van der Waals surface area contributed by atoms with E-state index in [4.69, 9.17) is 5.11 Å². The lowest BCUT2D eigenvalue weighted by Gasteiger charge is -2.08. The summed E-state index contributed by atoms with van der Waals surface area (Å²) in [6, 6.07) is 13.9. The predicted octanol–water partition coefficient (Wildman–Crippen LogP) is 3.51. The van der Waals surface area contributed by atoms with E-state index in [1.165, 1.54) is 24.5 Å². The maximum atomic E-state index is 12.2. The van der Waals surface area contributed by atoms with Gasteiger partial charge in [0, 0.05) is 5.56 Å². The lowest BCUT2D eigenvalue weighted by molar-refractivity contribution is 0.0698. The van der Waals surface area contributed by atoms with Gasteiger partial charge < -0.3 is 10.4 Å². The largest absolute Gasteiger partial charge is 0.478 e. The number of carboxylic acids is 1. The van der Waals surface area contributed by atoms with Gasteiger partial charge in [-0.05, 0) is 48.6 Å².